The van der Waals surface area contributed by atoms with E-state index in [1.807, 2.05) is 13.8 Å². The van der Waals surface area contributed by atoms with E-state index < -0.39 is 0 Å². The lowest BCUT2D eigenvalue weighted by Crippen LogP contribution is -2.43. The first-order valence-corrected chi connectivity index (χ1v) is 6.40. The highest BCUT2D eigenvalue weighted by molar-refractivity contribution is 5.90. The average Bonchev–Trinajstić information content (AvgIpc) is 2.52. The zero-order valence-corrected chi connectivity index (χ0v) is 11.3. The molecule has 1 saturated carbocycles. The van der Waals surface area contributed by atoms with Gasteiger partial charge in [0.25, 0.3) is 0 Å². The summed E-state index contributed by atoms with van der Waals surface area (Å²) in [5.74, 6) is 0.816. The highest BCUT2D eigenvalue weighted by Gasteiger charge is 2.51. The fourth-order valence-electron chi connectivity index (χ4n) is 3.31. The van der Waals surface area contributed by atoms with Crippen molar-refractivity contribution in [3.05, 3.63) is 23.3 Å². The standard InChI is InChI=1S/C15H22O2/c1-9(2)11-6-7-15(5)13(11)8-12(10(3)4)14(16)17-15/h11,13H,1,6-8H2,2-5H3. The molecule has 0 radical (unpaired) electrons. The average molecular weight is 234 g/mol. The first-order valence-electron chi connectivity index (χ1n) is 6.40. The summed E-state index contributed by atoms with van der Waals surface area (Å²) < 4.78 is 5.71. The molecule has 1 aliphatic heterocycles. The summed E-state index contributed by atoms with van der Waals surface area (Å²) in [5.41, 5.74) is 2.93. The van der Waals surface area contributed by atoms with Gasteiger partial charge in [0.1, 0.15) is 5.60 Å². The largest absolute Gasteiger partial charge is 0.456 e. The monoisotopic (exact) mass is 234 g/mol. The first-order chi connectivity index (χ1) is 7.85. The number of esters is 1. The van der Waals surface area contributed by atoms with Crippen LogP contribution in [0.25, 0.3) is 0 Å². The smallest absolute Gasteiger partial charge is 0.334 e. The molecule has 0 spiro atoms. The van der Waals surface area contributed by atoms with Crippen LogP contribution in [-0.4, -0.2) is 11.6 Å². The van der Waals surface area contributed by atoms with Gasteiger partial charge < -0.3 is 4.74 Å². The summed E-state index contributed by atoms with van der Waals surface area (Å²) in [4.78, 5) is 12.0. The number of carbonyl (C=O) groups is 1. The number of rotatable bonds is 1. The van der Waals surface area contributed by atoms with Gasteiger partial charge in [-0.2, -0.15) is 0 Å². The second-order valence-electron chi connectivity index (χ2n) is 5.98. The lowest BCUT2D eigenvalue weighted by atomic mass is 9.77. The molecule has 2 heteroatoms. The molecule has 0 N–H and O–H groups in total. The molecule has 2 fully saturated rings. The predicted octanol–water partition coefficient (Wildman–Crippen LogP) is 3.63. The third-order valence-electron chi connectivity index (χ3n) is 4.45. The fraction of sp³-hybridized carbons (Fsp3) is 0.667. The molecule has 0 bridgehead atoms. The second kappa shape index (κ2) is 4.01. The molecular weight excluding hydrogens is 212 g/mol. The third kappa shape index (κ3) is 1.94. The van der Waals surface area contributed by atoms with Gasteiger partial charge in [-0.25, -0.2) is 4.79 Å². The van der Waals surface area contributed by atoms with Crippen molar-refractivity contribution in [1.82, 2.24) is 0 Å². The van der Waals surface area contributed by atoms with E-state index >= 15 is 0 Å². The van der Waals surface area contributed by atoms with Crippen molar-refractivity contribution in [3.63, 3.8) is 0 Å². The van der Waals surface area contributed by atoms with Gasteiger partial charge in [-0.1, -0.05) is 17.7 Å². The quantitative estimate of drug-likeness (QED) is 0.393. The Morgan fingerprint density at radius 3 is 2.59 bits per heavy atom. The van der Waals surface area contributed by atoms with Crippen molar-refractivity contribution in [2.24, 2.45) is 11.8 Å². The maximum Gasteiger partial charge on any atom is 0.334 e. The Hall–Kier alpha value is -1.05. The van der Waals surface area contributed by atoms with Crippen molar-refractivity contribution in [3.8, 4) is 0 Å². The molecule has 3 atom stereocenters. The highest BCUT2D eigenvalue weighted by Crippen LogP contribution is 2.51. The van der Waals surface area contributed by atoms with E-state index in [2.05, 4.69) is 20.4 Å². The van der Waals surface area contributed by atoms with E-state index in [1.54, 1.807) is 0 Å². The highest BCUT2D eigenvalue weighted by atomic mass is 16.6. The topological polar surface area (TPSA) is 26.3 Å². The van der Waals surface area contributed by atoms with Crippen molar-refractivity contribution < 1.29 is 9.53 Å². The minimum absolute atomic E-state index is 0.105. The van der Waals surface area contributed by atoms with Gasteiger partial charge in [-0.05, 0) is 52.9 Å². The molecule has 3 unspecified atom stereocenters. The maximum atomic E-state index is 12.0. The van der Waals surface area contributed by atoms with Crippen molar-refractivity contribution in [2.45, 2.75) is 52.6 Å². The Morgan fingerprint density at radius 1 is 1.41 bits per heavy atom. The molecule has 0 aromatic heterocycles. The molecule has 1 saturated heterocycles. The van der Waals surface area contributed by atoms with E-state index in [9.17, 15) is 4.79 Å². The van der Waals surface area contributed by atoms with E-state index in [1.165, 1.54) is 5.57 Å². The number of hydrogen-bond donors (Lipinski definition) is 0. The van der Waals surface area contributed by atoms with E-state index in [4.69, 9.17) is 4.74 Å². The van der Waals surface area contributed by atoms with Crippen LogP contribution < -0.4 is 0 Å². The van der Waals surface area contributed by atoms with Gasteiger partial charge in [0.05, 0.1) is 0 Å². The molecule has 1 heterocycles. The maximum absolute atomic E-state index is 12.0. The van der Waals surface area contributed by atoms with E-state index in [0.29, 0.717) is 11.8 Å². The van der Waals surface area contributed by atoms with Gasteiger partial charge >= 0.3 is 5.97 Å². The molecule has 0 amide bonds. The lowest BCUT2D eigenvalue weighted by molar-refractivity contribution is -0.163. The molecule has 94 valence electrons. The number of carbonyl (C=O) groups excluding carboxylic acids is 1. The van der Waals surface area contributed by atoms with Gasteiger partial charge in [-0.15, -0.1) is 0 Å². The van der Waals surface area contributed by atoms with Crippen molar-refractivity contribution in [1.29, 1.82) is 0 Å². The normalized spacial score (nSPS) is 36.5. The molecule has 2 rings (SSSR count). The SMILES string of the molecule is C=C(C)C1CCC2(C)OC(=O)C(=C(C)C)CC12. The van der Waals surface area contributed by atoms with Crippen LogP contribution in [0.3, 0.4) is 0 Å². The summed E-state index contributed by atoms with van der Waals surface area (Å²) in [5, 5.41) is 0. The third-order valence-corrected chi connectivity index (χ3v) is 4.45. The van der Waals surface area contributed by atoms with E-state index in [-0.39, 0.29) is 11.6 Å². The Labute approximate surface area is 104 Å². The Kier molecular flexibility index (Phi) is 2.92. The summed E-state index contributed by atoms with van der Waals surface area (Å²) in [6.07, 6.45) is 2.92. The van der Waals surface area contributed by atoms with Crippen LogP contribution in [0.15, 0.2) is 23.3 Å². The van der Waals surface area contributed by atoms with Crippen molar-refractivity contribution >= 4 is 5.97 Å². The summed E-state index contributed by atoms with van der Waals surface area (Å²) in [6.45, 7) is 12.2. The predicted molar refractivity (Wildman–Crippen MR) is 68.5 cm³/mol. The van der Waals surface area contributed by atoms with E-state index in [0.717, 1.165) is 30.4 Å². The molecule has 0 aromatic rings. The van der Waals surface area contributed by atoms with Crippen LogP contribution in [-0.2, 0) is 9.53 Å². The van der Waals surface area contributed by atoms with Crippen LogP contribution in [0, 0.1) is 11.8 Å². The van der Waals surface area contributed by atoms with Gasteiger partial charge in [0.2, 0.25) is 0 Å². The van der Waals surface area contributed by atoms with Crippen LogP contribution >= 0.6 is 0 Å². The molecule has 2 nitrogen and oxygen atoms in total. The summed E-state index contributed by atoms with van der Waals surface area (Å²) >= 11 is 0. The van der Waals surface area contributed by atoms with Crippen LogP contribution in [0.4, 0.5) is 0 Å². The minimum Gasteiger partial charge on any atom is -0.456 e. The van der Waals surface area contributed by atoms with Gasteiger partial charge in [0, 0.05) is 11.5 Å². The molecule has 17 heavy (non-hydrogen) atoms. The number of ether oxygens (including phenoxy) is 1. The summed E-state index contributed by atoms with van der Waals surface area (Å²) in [7, 11) is 0. The number of allylic oxidation sites excluding steroid dienone is 2. The Balaban J connectivity index is 2.34. The Bertz CT molecular complexity index is 401. The number of fused-ring (bicyclic) bond motifs is 1. The zero-order valence-electron chi connectivity index (χ0n) is 11.3. The Morgan fingerprint density at radius 2 is 2.06 bits per heavy atom. The fourth-order valence-corrected chi connectivity index (χ4v) is 3.31. The summed E-state index contributed by atoms with van der Waals surface area (Å²) in [6, 6.07) is 0. The minimum atomic E-state index is -0.264. The van der Waals surface area contributed by atoms with Crippen molar-refractivity contribution in [2.75, 3.05) is 0 Å². The van der Waals surface area contributed by atoms with Crippen LogP contribution in [0.1, 0.15) is 47.0 Å². The molecule has 0 aromatic carbocycles. The first kappa shape index (κ1) is 12.4. The second-order valence-corrected chi connectivity index (χ2v) is 5.98. The molecule has 1 aliphatic carbocycles. The van der Waals surface area contributed by atoms with Gasteiger partial charge in [-0.3, -0.25) is 0 Å². The van der Waals surface area contributed by atoms with Crippen LogP contribution in [0.5, 0.6) is 0 Å². The molecular formula is C15H22O2. The van der Waals surface area contributed by atoms with Gasteiger partial charge in [0.15, 0.2) is 0 Å². The zero-order chi connectivity index (χ0) is 12.8. The lowest BCUT2D eigenvalue weighted by Gasteiger charge is -2.39. The molecule has 2 aliphatic rings. The number of hydrogen-bond acceptors (Lipinski definition) is 2. The van der Waals surface area contributed by atoms with Crippen LogP contribution in [0.2, 0.25) is 0 Å².